The average Bonchev–Trinajstić information content (AvgIpc) is 2.22. The molecule has 0 radical (unpaired) electrons. The van der Waals surface area contributed by atoms with Crippen LogP contribution in [0.5, 0.6) is 0 Å². The molecule has 2 aliphatic carbocycles. The molecule has 0 amide bonds. The van der Waals surface area contributed by atoms with Crippen LogP contribution in [-0.2, 0) is 0 Å². The van der Waals surface area contributed by atoms with Crippen LogP contribution in [0.4, 0.5) is 0 Å². The molecule has 2 saturated carbocycles. The molecule has 2 N–H and O–H groups in total. The molecule has 0 aromatic heterocycles. The van der Waals surface area contributed by atoms with Gasteiger partial charge in [0.2, 0.25) is 0 Å². The zero-order valence-corrected chi connectivity index (χ0v) is 11.6. The van der Waals surface area contributed by atoms with Crippen molar-refractivity contribution in [1.82, 2.24) is 0 Å². The molecule has 0 heterocycles. The van der Waals surface area contributed by atoms with Crippen molar-refractivity contribution in [2.75, 3.05) is 0 Å². The van der Waals surface area contributed by atoms with Gasteiger partial charge in [-0.05, 0) is 35.4 Å². The Bertz CT molecular complexity index is 395. The van der Waals surface area contributed by atoms with Crippen molar-refractivity contribution in [2.45, 2.75) is 44.6 Å². The maximum absolute atomic E-state index is 6.57. The van der Waals surface area contributed by atoms with Crippen molar-refractivity contribution >= 4 is 11.6 Å². The lowest BCUT2D eigenvalue weighted by Crippen LogP contribution is -2.39. The minimum Gasteiger partial charge on any atom is -0.324 e. The third-order valence-corrected chi connectivity index (χ3v) is 5.27. The molecule has 2 aliphatic rings. The second kappa shape index (κ2) is 5.22. The first kappa shape index (κ1) is 12.5. The molecule has 1 aromatic rings. The van der Waals surface area contributed by atoms with Crippen molar-refractivity contribution in [3.8, 4) is 0 Å². The molecule has 0 saturated heterocycles. The predicted molar refractivity (Wildman–Crippen MR) is 76.6 cm³/mol. The van der Waals surface area contributed by atoms with Crippen molar-refractivity contribution in [1.29, 1.82) is 0 Å². The van der Waals surface area contributed by atoms with Crippen LogP contribution in [0.1, 0.15) is 50.1 Å². The Hall–Kier alpha value is -0.530. The Balaban J connectivity index is 1.80. The third-order valence-electron chi connectivity index (χ3n) is 5.04. The van der Waals surface area contributed by atoms with Crippen LogP contribution in [-0.4, -0.2) is 0 Å². The Morgan fingerprint density at radius 3 is 2.11 bits per heavy atom. The van der Waals surface area contributed by atoms with Crippen LogP contribution < -0.4 is 5.73 Å². The normalized spacial score (nSPS) is 22.6. The summed E-state index contributed by atoms with van der Waals surface area (Å²) >= 11 is 6.09. The number of nitrogens with two attached hydrogens (primary N) is 1. The molecule has 18 heavy (non-hydrogen) atoms. The maximum Gasteiger partial charge on any atom is 0.0409 e. The third kappa shape index (κ3) is 2.31. The summed E-state index contributed by atoms with van der Waals surface area (Å²) in [6, 6.07) is 8.33. The summed E-state index contributed by atoms with van der Waals surface area (Å²) in [5, 5.41) is 0.809. The summed E-state index contributed by atoms with van der Waals surface area (Å²) < 4.78 is 0. The molecule has 2 heteroatoms. The maximum atomic E-state index is 6.57. The van der Waals surface area contributed by atoms with Gasteiger partial charge in [0.05, 0.1) is 0 Å². The molecule has 1 unspecified atom stereocenters. The van der Waals surface area contributed by atoms with Crippen LogP contribution in [0.15, 0.2) is 24.3 Å². The molecule has 3 rings (SSSR count). The molecule has 2 fully saturated rings. The van der Waals surface area contributed by atoms with Gasteiger partial charge in [-0.2, -0.15) is 0 Å². The highest BCUT2D eigenvalue weighted by Gasteiger charge is 2.39. The molecule has 1 nitrogen and oxygen atoms in total. The lowest BCUT2D eigenvalue weighted by Gasteiger charge is -2.45. The quantitative estimate of drug-likeness (QED) is 0.847. The highest BCUT2D eigenvalue weighted by Crippen LogP contribution is 2.49. The van der Waals surface area contributed by atoms with Crippen LogP contribution in [0.25, 0.3) is 0 Å². The molecule has 0 spiro atoms. The highest BCUT2D eigenvalue weighted by molar-refractivity contribution is 6.30. The largest absolute Gasteiger partial charge is 0.324 e. The number of halogens is 1. The lowest BCUT2D eigenvalue weighted by molar-refractivity contribution is 0.0713. The number of benzene rings is 1. The standard InChI is InChI=1S/C16H22ClN/c17-14-9-3-8-13(10-14)16(18)15(11-4-1-5-11)12-6-2-7-12/h3,8-12,15-16H,1-2,4-7,18H2. The van der Waals surface area contributed by atoms with Crippen molar-refractivity contribution < 1.29 is 0 Å². The Kier molecular flexibility index (Phi) is 3.63. The minimum absolute atomic E-state index is 0.180. The van der Waals surface area contributed by atoms with Gasteiger partial charge in [-0.1, -0.05) is 62.3 Å². The summed E-state index contributed by atoms with van der Waals surface area (Å²) in [5.41, 5.74) is 7.80. The van der Waals surface area contributed by atoms with Gasteiger partial charge in [0, 0.05) is 11.1 Å². The van der Waals surface area contributed by atoms with Crippen LogP contribution >= 0.6 is 11.6 Å². The van der Waals surface area contributed by atoms with Gasteiger partial charge < -0.3 is 5.73 Å². The predicted octanol–water partition coefficient (Wildman–Crippen LogP) is 4.56. The van der Waals surface area contributed by atoms with E-state index in [4.69, 9.17) is 17.3 Å². The summed E-state index contributed by atoms with van der Waals surface area (Å²) in [7, 11) is 0. The van der Waals surface area contributed by atoms with E-state index in [9.17, 15) is 0 Å². The molecule has 98 valence electrons. The van der Waals surface area contributed by atoms with Gasteiger partial charge in [0.15, 0.2) is 0 Å². The summed E-state index contributed by atoms with van der Waals surface area (Å²) in [4.78, 5) is 0. The van der Waals surface area contributed by atoms with Crippen molar-refractivity contribution in [3.63, 3.8) is 0 Å². The fourth-order valence-corrected chi connectivity index (χ4v) is 3.76. The molecule has 1 atom stereocenters. The van der Waals surface area contributed by atoms with E-state index in [1.807, 2.05) is 12.1 Å². The molecular weight excluding hydrogens is 242 g/mol. The van der Waals surface area contributed by atoms with E-state index < -0.39 is 0 Å². The van der Waals surface area contributed by atoms with E-state index in [0.717, 1.165) is 16.9 Å². The first-order valence-corrected chi connectivity index (χ1v) is 7.64. The Morgan fingerprint density at radius 1 is 1.06 bits per heavy atom. The van der Waals surface area contributed by atoms with Gasteiger partial charge in [0.25, 0.3) is 0 Å². The van der Waals surface area contributed by atoms with Crippen molar-refractivity contribution in [2.24, 2.45) is 23.5 Å². The SMILES string of the molecule is NC(c1cccc(Cl)c1)C(C1CCC1)C1CCC1. The molecular formula is C16H22ClN. The monoisotopic (exact) mass is 263 g/mol. The van der Waals surface area contributed by atoms with Crippen LogP contribution in [0.2, 0.25) is 5.02 Å². The molecule has 0 bridgehead atoms. The zero-order valence-electron chi connectivity index (χ0n) is 10.8. The van der Waals surface area contributed by atoms with Crippen LogP contribution in [0.3, 0.4) is 0 Å². The van der Waals surface area contributed by atoms with Gasteiger partial charge in [-0.15, -0.1) is 0 Å². The van der Waals surface area contributed by atoms with Gasteiger partial charge >= 0.3 is 0 Å². The highest BCUT2D eigenvalue weighted by atomic mass is 35.5. The van der Waals surface area contributed by atoms with Gasteiger partial charge in [-0.3, -0.25) is 0 Å². The van der Waals surface area contributed by atoms with E-state index >= 15 is 0 Å². The van der Waals surface area contributed by atoms with Gasteiger partial charge in [-0.25, -0.2) is 0 Å². The minimum atomic E-state index is 0.180. The number of hydrogen-bond donors (Lipinski definition) is 1. The second-order valence-electron chi connectivity index (χ2n) is 6.04. The summed E-state index contributed by atoms with van der Waals surface area (Å²) in [6.07, 6.45) is 8.34. The van der Waals surface area contributed by atoms with E-state index in [-0.39, 0.29) is 6.04 Å². The van der Waals surface area contributed by atoms with Crippen LogP contribution in [0, 0.1) is 17.8 Å². The lowest BCUT2D eigenvalue weighted by atomic mass is 9.61. The van der Waals surface area contributed by atoms with Gasteiger partial charge in [0.1, 0.15) is 0 Å². The van der Waals surface area contributed by atoms with E-state index in [1.54, 1.807) is 0 Å². The van der Waals surface area contributed by atoms with E-state index in [2.05, 4.69) is 12.1 Å². The zero-order chi connectivity index (χ0) is 12.5. The second-order valence-corrected chi connectivity index (χ2v) is 6.48. The number of rotatable bonds is 4. The first-order valence-electron chi connectivity index (χ1n) is 7.27. The topological polar surface area (TPSA) is 26.0 Å². The molecule has 0 aliphatic heterocycles. The number of hydrogen-bond acceptors (Lipinski definition) is 1. The smallest absolute Gasteiger partial charge is 0.0409 e. The summed E-state index contributed by atoms with van der Waals surface area (Å²) in [5.74, 6) is 2.42. The Labute approximate surface area is 115 Å². The molecule has 1 aromatic carbocycles. The van der Waals surface area contributed by atoms with E-state index in [1.165, 1.54) is 44.1 Å². The summed E-state index contributed by atoms with van der Waals surface area (Å²) in [6.45, 7) is 0. The van der Waals surface area contributed by atoms with Crippen molar-refractivity contribution in [3.05, 3.63) is 34.9 Å². The Morgan fingerprint density at radius 2 is 1.67 bits per heavy atom. The fraction of sp³-hybridized carbons (Fsp3) is 0.625. The average molecular weight is 264 g/mol. The fourth-order valence-electron chi connectivity index (χ4n) is 3.56. The van der Waals surface area contributed by atoms with E-state index in [0.29, 0.717) is 5.92 Å². The first-order chi connectivity index (χ1) is 8.75.